The number of carbonyl (C=O) groups is 1. The highest BCUT2D eigenvalue weighted by molar-refractivity contribution is 5.78. The third kappa shape index (κ3) is 4.84. The van der Waals surface area contributed by atoms with E-state index in [0.29, 0.717) is 5.56 Å². The van der Waals surface area contributed by atoms with Gasteiger partial charge in [-0.3, -0.25) is 14.9 Å². The van der Waals surface area contributed by atoms with Gasteiger partial charge in [-0.25, -0.2) is 0 Å². The van der Waals surface area contributed by atoms with E-state index in [1.54, 1.807) is 0 Å². The Labute approximate surface area is 111 Å². The van der Waals surface area contributed by atoms with Crippen molar-refractivity contribution < 1.29 is 28.0 Å². The van der Waals surface area contributed by atoms with Crippen molar-refractivity contribution in [2.75, 3.05) is 6.54 Å². The van der Waals surface area contributed by atoms with E-state index in [1.165, 1.54) is 24.3 Å². The zero-order valence-corrected chi connectivity index (χ0v) is 10.1. The van der Waals surface area contributed by atoms with Crippen LogP contribution in [0.4, 0.5) is 18.9 Å². The van der Waals surface area contributed by atoms with E-state index in [-0.39, 0.29) is 12.1 Å². The smallest absolute Gasteiger partial charge is 0.382 e. The summed E-state index contributed by atoms with van der Waals surface area (Å²) in [5, 5.41) is 21.0. The van der Waals surface area contributed by atoms with Crippen LogP contribution in [0, 0.1) is 10.1 Å². The average molecular weight is 292 g/mol. The molecule has 0 aliphatic carbocycles. The standard InChI is InChI=1S/C11H11F3N2O4/c12-11(13,14)9(17)6-15-10(18)5-7-1-3-8(4-2-7)16(19)20/h1-4,9,17H,5-6H2,(H,15,18). The van der Waals surface area contributed by atoms with Gasteiger partial charge in [0.1, 0.15) is 0 Å². The number of hydrogen-bond acceptors (Lipinski definition) is 4. The Hall–Kier alpha value is -2.16. The second-order valence-electron chi connectivity index (χ2n) is 3.96. The molecule has 1 unspecified atom stereocenters. The molecule has 0 aliphatic rings. The fraction of sp³-hybridized carbons (Fsp3) is 0.364. The molecule has 6 nitrogen and oxygen atoms in total. The normalized spacial score (nSPS) is 12.8. The Morgan fingerprint density at radius 3 is 2.35 bits per heavy atom. The summed E-state index contributed by atoms with van der Waals surface area (Å²) in [5.74, 6) is -0.720. The van der Waals surface area contributed by atoms with Gasteiger partial charge in [0.25, 0.3) is 5.69 Å². The molecule has 0 aromatic heterocycles. The molecule has 1 aromatic rings. The number of aliphatic hydroxyl groups excluding tert-OH is 1. The molecule has 1 rings (SSSR count). The molecule has 0 aliphatic heterocycles. The molecule has 1 aromatic carbocycles. The highest BCUT2D eigenvalue weighted by atomic mass is 19.4. The number of benzene rings is 1. The molecular weight excluding hydrogens is 281 g/mol. The van der Waals surface area contributed by atoms with Crippen LogP contribution in [0.1, 0.15) is 5.56 Å². The number of alkyl halides is 3. The summed E-state index contributed by atoms with van der Waals surface area (Å²) in [6.07, 6.45) is -7.65. The summed E-state index contributed by atoms with van der Waals surface area (Å²) in [6.45, 7) is -0.935. The lowest BCUT2D eigenvalue weighted by Gasteiger charge is -2.14. The number of nitrogens with zero attached hydrogens (tertiary/aromatic N) is 1. The van der Waals surface area contributed by atoms with Crippen LogP contribution < -0.4 is 5.32 Å². The van der Waals surface area contributed by atoms with Crippen molar-refractivity contribution >= 4 is 11.6 Å². The first-order chi connectivity index (χ1) is 9.20. The number of non-ortho nitro benzene ring substituents is 1. The highest BCUT2D eigenvalue weighted by Gasteiger charge is 2.38. The number of nitro benzene ring substituents is 1. The first-order valence-electron chi connectivity index (χ1n) is 5.45. The Balaban J connectivity index is 2.48. The van der Waals surface area contributed by atoms with E-state index in [1.807, 2.05) is 5.32 Å². The molecule has 0 bridgehead atoms. The van der Waals surface area contributed by atoms with E-state index in [4.69, 9.17) is 5.11 Å². The van der Waals surface area contributed by atoms with E-state index >= 15 is 0 Å². The van der Waals surface area contributed by atoms with Crippen LogP contribution in [-0.4, -0.2) is 34.8 Å². The molecular formula is C11H11F3N2O4. The van der Waals surface area contributed by atoms with Crippen LogP contribution in [0.2, 0.25) is 0 Å². The van der Waals surface area contributed by atoms with E-state index in [9.17, 15) is 28.1 Å². The lowest BCUT2D eigenvalue weighted by Crippen LogP contribution is -2.41. The fourth-order valence-electron chi connectivity index (χ4n) is 1.31. The van der Waals surface area contributed by atoms with Gasteiger partial charge in [0.2, 0.25) is 5.91 Å². The summed E-state index contributed by atoms with van der Waals surface area (Å²) in [7, 11) is 0. The van der Waals surface area contributed by atoms with Crippen LogP contribution in [0.25, 0.3) is 0 Å². The summed E-state index contributed by atoms with van der Waals surface area (Å²) in [4.78, 5) is 21.1. The molecule has 1 atom stereocenters. The van der Waals surface area contributed by atoms with Crippen molar-refractivity contribution in [3.05, 3.63) is 39.9 Å². The predicted octanol–water partition coefficient (Wildman–Crippen LogP) is 1.18. The predicted molar refractivity (Wildman–Crippen MR) is 61.9 cm³/mol. The van der Waals surface area contributed by atoms with E-state index in [2.05, 4.69) is 0 Å². The summed E-state index contributed by atoms with van der Waals surface area (Å²) in [5.41, 5.74) is 0.260. The van der Waals surface area contributed by atoms with Gasteiger partial charge in [0, 0.05) is 12.1 Å². The minimum atomic E-state index is -4.79. The quantitative estimate of drug-likeness (QED) is 0.629. The molecule has 0 saturated carbocycles. The maximum Gasteiger partial charge on any atom is 0.416 e. The summed E-state index contributed by atoms with van der Waals surface area (Å²) >= 11 is 0. The average Bonchev–Trinajstić information content (AvgIpc) is 2.35. The molecule has 1 amide bonds. The van der Waals surface area contributed by atoms with Gasteiger partial charge in [-0.15, -0.1) is 0 Å². The van der Waals surface area contributed by atoms with Crippen LogP contribution in [0.3, 0.4) is 0 Å². The number of rotatable bonds is 5. The lowest BCUT2D eigenvalue weighted by atomic mass is 10.1. The molecule has 110 valence electrons. The number of nitro groups is 1. The Kier molecular flexibility index (Phi) is 5.03. The first kappa shape index (κ1) is 15.9. The molecule has 20 heavy (non-hydrogen) atoms. The van der Waals surface area contributed by atoms with Crippen molar-refractivity contribution in [1.29, 1.82) is 0 Å². The molecule has 0 heterocycles. The van der Waals surface area contributed by atoms with Gasteiger partial charge in [0.15, 0.2) is 6.10 Å². The van der Waals surface area contributed by atoms with Crippen LogP contribution >= 0.6 is 0 Å². The van der Waals surface area contributed by atoms with Crippen LogP contribution in [-0.2, 0) is 11.2 Å². The zero-order chi connectivity index (χ0) is 15.3. The monoisotopic (exact) mass is 292 g/mol. The fourth-order valence-corrected chi connectivity index (χ4v) is 1.31. The van der Waals surface area contributed by atoms with Gasteiger partial charge in [-0.1, -0.05) is 12.1 Å². The minimum absolute atomic E-state index is 0.151. The Morgan fingerprint density at radius 1 is 1.35 bits per heavy atom. The van der Waals surface area contributed by atoms with Gasteiger partial charge in [-0.2, -0.15) is 13.2 Å². The number of halogens is 3. The van der Waals surface area contributed by atoms with Crippen LogP contribution in [0.15, 0.2) is 24.3 Å². The van der Waals surface area contributed by atoms with Crippen molar-refractivity contribution in [1.82, 2.24) is 5.32 Å². The second-order valence-corrected chi connectivity index (χ2v) is 3.96. The molecule has 0 radical (unpaired) electrons. The second kappa shape index (κ2) is 6.33. The maximum absolute atomic E-state index is 12.0. The number of nitrogens with one attached hydrogen (secondary N) is 1. The molecule has 0 spiro atoms. The minimum Gasteiger partial charge on any atom is -0.382 e. The van der Waals surface area contributed by atoms with Crippen molar-refractivity contribution in [3.8, 4) is 0 Å². The van der Waals surface area contributed by atoms with Crippen molar-refractivity contribution in [2.24, 2.45) is 0 Å². The van der Waals surface area contributed by atoms with Gasteiger partial charge < -0.3 is 10.4 Å². The number of hydrogen-bond donors (Lipinski definition) is 2. The van der Waals surface area contributed by atoms with E-state index in [0.717, 1.165) is 0 Å². The van der Waals surface area contributed by atoms with Gasteiger partial charge in [0.05, 0.1) is 17.9 Å². The van der Waals surface area contributed by atoms with Gasteiger partial charge >= 0.3 is 6.18 Å². The SMILES string of the molecule is O=C(Cc1ccc([N+](=O)[O-])cc1)NCC(O)C(F)(F)F. The number of carbonyl (C=O) groups excluding carboxylic acids is 1. The largest absolute Gasteiger partial charge is 0.416 e. The first-order valence-corrected chi connectivity index (χ1v) is 5.45. The Bertz CT molecular complexity index is 487. The van der Waals surface area contributed by atoms with Crippen LogP contribution in [0.5, 0.6) is 0 Å². The van der Waals surface area contributed by atoms with Crippen molar-refractivity contribution in [2.45, 2.75) is 18.7 Å². The summed E-state index contributed by atoms with van der Waals surface area (Å²) < 4.78 is 35.9. The molecule has 9 heteroatoms. The van der Waals surface area contributed by atoms with Gasteiger partial charge in [-0.05, 0) is 5.56 Å². The molecule has 2 N–H and O–H groups in total. The van der Waals surface area contributed by atoms with Crippen molar-refractivity contribution in [3.63, 3.8) is 0 Å². The topological polar surface area (TPSA) is 92.5 Å². The third-order valence-electron chi connectivity index (χ3n) is 2.38. The number of aliphatic hydroxyl groups is 1. The Morgan fingerprint density at radius 2 is 1.90 bits per heavy atom. The zero-order valence-electron chi connectivity index (χ0n) is 10.1. The lowest BCUT2D eigenvalue weighted by molar-refractivity contribution is -0.384. The molecule has 0 saturated heterocycles. The van der Waals surface area contributed by atoms with E-state index < -0.39 is 29.7 Å². The molecule has 0 fully saturated rings. The highest BCUT2D eigenvalue weighted by Crippen LogP contribution is 2.19. The summed E-state index contributed by atoms with van der Waals surface area (Å²) in [6, 6.07) is 5.04. The number of amides is 1. The third-order valence-corrected chi connectivity index (χ3v) is 2.38. The maximum atomic E-state index is 12.0.